The Hall–Kier alpha value is -3.52. The SMILES string of the molecule is CN1CCN(C(=O)c2cccc(OCc3cscn3)c2)c2nc3ccccc3nc21. The highest BCUT2D eigenvalue weighted by molar-refractivity contribution is 7.07. The third-order valence-corrected chi connectivity index (χ3v) is 5.64. The first-order valence-electron chi connectivity index (χ1n) is 9.59. The normalized spacial score (nSPS) is 13.4. The molecular weight excluding hydrogens is 398 g/mol. The van der Waals surface area contributed by atoms with Gasteiger partial charge in [0.15, 0.2) is 11.6 Å². The summed E-state index contributed by atoms with van der Waals surface area (Å²) < 4.78 is 5.81. The van der Waals surface area contributed by atoms with Crippen LogP contribution in [0.25, 0.3) is 11.0 Å². The van der Waals surface area contributed by atoms with E-state index in [4.69, 9.17) is 14.7 Å². The number of likely N-dealkylation sites (N-methyl/N-ethyl adjacent to an activating group) is 1. The lowest BCUT2D eigenvalue weighted by Gasteiger charge is -2.33. The highest BCUT2D eigenvalue weighted by Gasteiger charge is 2.29. The van der Waals surface area contributed by atoms with Crippen LogP contribution in [0.2, 0.25) is 0 Å². The lowest BCUT2D eigenvalue weighted by Crippen LogP contribution is -2.43. The minimum absolute atomic E-state index is 0.118. The fourth-order valence-electron chi connectivity index (χ4n) is 3.42. The second-order valence-electron chi connectivity index (χ2n) is 7.03. The number of aromatic nitrogens is 3. The van der Waals surface area contributed by atoms with Crippen molar-refractivity contribution in [3.8, 4) is 5.75 Å². The average molecular weight is 417 g/mol. The fourth-order valence-corrected chi connectivity index (χ4v) is 3.96. The summed E-state index contributed by atoms with van der Waals surface area (Å²) in [7, 11) is 1.97. The van der Waals surface area contributed by atoms with Crippen LogP contribution in [0.15, 0.2) is 59.4 Å². The number of benzene rings is 2. The van der Waals surface area contributed by atoms with Crippen LogP contribution in [0.4, 0.5) is 11.6 Å². The summed E-state index contributed by atoms with van der Waals surface area (Å²) in [5, 5.41) is 1.94. The molecule has 0 bridgehead atoms. The molecule has 0 unspecified atom stereocenters. The summed E-state index contributed by atoms with van der Waals surface area (Å²) >= 11 is 1.53. The van der Waals surface area contributed by atoms with E-state index < -0.39 is 0 Å². The van der Waals surface area contributed by atoms with Crippen LogP contribution in [0.3, 0.4) is 0 Å². The van der Waals surface area contributed by atoms with Crippen LogP contribution in [-0.2, 0) is 6.61 Å². The molecule has 0 aliphatic carbocycles. The van der Waals surface area contributed by atoms with Crippen LogP contribution >= 0.6 is 11.3 Å². The average Bonchev–Trinajstić information content (AvgIpc) is 3.30. The van der Waals surface area contributed by atoms with Crippen molar-refractivity contribution in [1.82, 2.24) is 15.0 Å². The number of nitrogens with zero attached hydrogens (tertiary/aromatic N) is 5. The van der Waals surface area contributed by atoms with Crippen molar-refractivity contribution in [2.75, 3.05) is 29.9 Å². The van der Waals surface area contributed by atoms with Crippen LogP contribution in [0.1, 0.15) is 16.1 Å². The van der Waals surface area contributed by atoms with E-state index in [1.54, 1.807) is 22.5 Å². The molecule has 4 aromatic rings. The first-order valence-corrected chi connectivity index (χ1v) is 10.5. The monoisotopic (exact) mass is 417 g/mol. The summed E-state index contributed by atoms with van der Waals surface area (Å²) in [5.41, 5.74) is 4.77. The molecule has 2 aromatic carbocycles. The minimum Gasteiger partial charge on any atom is -0.487 e. The van der Waals surface area contributed by atoms with Gasteiger partial charge in [0.2, 0.25) is 0 Å². The highest BCUT2D eigenvalue weighted by atomic mass is 32.1. The van der Waals surface area contributed by atoms with Gasteiger partial charge in [-0.3, -0.25) is 9.69 Å². The standard InChI is InChI=1S/C22H19N5O2S/c1-26-9-10-27(21-20(26)24-18-7-2-3-8-19(18)25-21)22(28)15-5-4-6-17(11-15)29-12-16-13-30-14-23-16/h2-8,11,13-14H,9-10,12H2,1H3. The predicted molar refractivity (Wildman–Crippen MR) is 117 cm³/mol. The predicted octanol–water partition coefficient (Wildman–Crippen LogP) is 3.76. The number of carbonyl (C=O) groups is 1. The summed E-state index contributed by atoms with van der Waals surface area (Å²) in [6.07, 6.45) is 0. The molecule has 0 saturated heterocycles. The van der Waals surface area contributed by atoms with E-state index in [-0.39, 0.29) is 5.91 Å². The zero-order valence-electron chi connectivity index (χ0n) is 16.4. The molecule has 1 aliphatic heterocycles. The largest absolute Gasteiger partial charge is 0.487 e. The maximum absolute atomic E-state index is 13.4. The Morgan fingerprint density at radius 1 is 1.07 bits per heavy atom. The van der Waals surface area contributed by atoms with E-state index >= 15 is 0 Å². The first-order chi connectivity index (χ1) is 14.7. The van der Waals surface area contributed by atoms with Gasteiger partial charge in [0, 0.05) is 31.1 Å². The van der Waals surface area contributed by atoms with Crippen molar-refractivity contribution >= 4 is 39.9 Å². The van der Waals surface area contributed by atoms with Crippen molar-refractivity contribution in [2.24, 2.45) is 0 Å². The van der Waals surface area contributed by atoms with Crippen molar-refractivity contribution in [3.63, 3.8) is 0 Å². The van der Waals surface area contributed by atoms with Gasteiger partial charge < -0.3 is 9.64 Å². The molecule has 0 saturated carbocycles. The van der Waals surface area contributed by atoms with Crippen molar-refractivity contribution in [1.29, 1.82) is 0 Å². The molecule has 2 aromatic heterocycles. The molecule has 1 amide bonds. The summed E-state index contributed by atoms with van der Waals surface area (Å²) in [4.78, 5) is 30.8. The van der Waals surface area contributed by atoms with E-state index in [9.17, 15) is 4.79 Å². The van der Waals surface area contributed by atoms with Crippen molar-refractivity contribution in [3.05, 3.63) is 70.7 Å². The minimum atomic E-state index is -0.118. The third kappa shape index (κ3) is 3.46. The van der Waals surface area contributed by atoms with Gasteiger partial charge in [-0.25, -0.2) is 15.0 Å². The number of ether oxygens (including phenoxy) is 1. The number of para-hydroxylation sites is 2. The molecule has 0 radical (unpaired) electrons. The molecule has 150 valence electrons. The van der Waals surface area contributed by atoms with Crippen LogP contribution < -0.4 is 14.5 Å². The Morgan fingerprint density at radius 3 is 2.63 bits per heavy atom. The first kappa shape index (κ1) is 18.5. The number of hydrogen-bond acceptors (Lipinski definition) is 7. The Kier molecular flexibility index (Phi) is 4.76. The van der Waals surface area contributed by atoms with E-state index in [1.165, 1.54) is 11.3 Å². The zero-order valence-corrected chi connectivity index (χ0v) is 17.2. The maximum atomic E-state index is 13.4. The Morgan fingerprint density at radius 2 is 1.87 bits per heavy atom. The van der Waals surface area contributed by atoms with Gasteiger partial charge in [0.1, 0.15) is 12.4 Å². The number of rotatable bonds is 4. The molecule has 0 spiro atoms. The smallest absolute Gasteiger partial charge is 0.259 e. The molecule has 0 fully saturated rings. The summed E-state index contributed by atoms with van der Waals surface area (Å²) in [6.45, 7) is 1.60. The summed E-state index contributed by atoms with van der Waals surface area (Å²) in [5.74, 6) is 1.81. The highest BCUT2D eigenvalue weighted by Crippen LogP contribution is 2.32. The molecule has 1 aliphatic rings. The molecule has 0 N–H and O–H groups in total. The van der Waals surface area contributed by atoms with Gasteiger partial charge in [0.05, 0.1) is 22.2 Å². The van der Waals surface area contributed by atoms with Crippen LogP contribution in [0.5, 0.6) is 5.75 Å². The maximum Gasteiger partial charge on any atom is 0.259 e. The van der Waals surface area contributed by atoms with Gasteiger partial charge in [-0.1, -0.05) is 18.2 Å². The quantitative estimate of drug-likeness (QED) is 0.503. The van der Waals surface area contributed by atoms with Gasteiger partial charge in [-0.2, -0.15) is 0 Å². The molecule has 0 atom stereocenters. The fraction of sp³-hybridized carbons (Fsp3) is 0.182. The van der Waals surface area contributed by atoms with Gasteiger partial charge in [-0.15, -0.1) is 11.3 Å². The number of fused-ring (bicyclic) bond motifs is 2. The Labute approximate surface area is 177 Å². The van der Waals surface area contributed by atoms with Crippen LogP contribution in [-0.4, -0.2) is 41.0 Å². The molecule has 7 nitrogen and oxygen atoms in total. The number of anilines is 2. The number of hydrogen-bond donors (Lipinski definition) is 0. The Bertz CT molecular complexity index is 1210. The van der Waals surface area contributed by atoms with Gasteiger partial charge >= 0.3 is 0 Å². The number of amides is 1. The molecule has 8 heteroatoms. The second-order valence-corrected chi connectivity index (χ2v) is 7.75. The van der Waals surface area contributed by atoms with E-state index in [1.807, 2.05) is 53.7 Å². The lowest BCUT2D eigenvalue weighted by molar-refractivity contribution is 0.0985. The van der Waals surface area contributed by atoms with Crippen molar-refractivity contribution < 1.29 is 9.53 Å². The summed E-state index contributed by atoms with van der Waals surface area (Å²) in [6, 6.07) is 14.9. The van der Waals surface area contributed by atoms with E-state index in [0.29, 0.717) is 42.6 Å². The van der Waals surface area contributed by atoms with Crippen LogP contribution in [0, 0.1) is 0 Å². The third-order valence-electron chi connectivity index (χ3n) is 5.01. The van der Waals surface area contributed by atoms with Gasteiger partial charge in [-0.05, 0) is 30.3 Å². The van der Waals surface area contributed by atoms with Crippen molar-refractivity contribution in [2.45, 2.75) is 6.61 Å². The second kappa shape index (κ2) is 7.72. The topological polar surface area (TPSA) is 71.5 Å². The zero-order chi connectivity index (χ0) is 20.5. The lowest BCUT2D eigenvalue weighted by atomic mass is 10.1. The number of thiazole rings is 1. The number of carbonyl (C=O) groups excluding carboxylic acids is 1. The molecule has 5 rings (SSSR count). The van der Waals surface area contributed by atoms with E-state index in [2.05, 4.69) is 4.98 Å². The Balaban J connectivity index is 1.45. The molecule has 3 heterocycles. The van der Waals surface area contributed by atoms with E-state index in [0.717, 1.165) is 16.7 Å². The molecule has 30 heavy (non-hydrogen) atoms. The molecular formula is C22H19N5O2S. The van der Waals surface area contributed by atoms with Gasteiger partial charge in [0.25, 0.3) is 5.91 Å².